The molecule has 4 aromatic rings. The molecule has 1 amide bonds. The lowest BCUT2D eigenvalue weighted by Gasteiger charge is -2.38. The van der Waals surface area contributed by atoms with Gasteiger partial charge in [0.15, 0.2) is 5.52 Å². The van der Waals surface area contributed by atoms with Crippen LogP contribution >= 0.6 is 0 Å². The lowest BCUT2D eigenvalue weighted by Crippen LogP contribution is -2.49. The molecule has 3 heterocycles. The van der Waals surface area contributed by atoms with Crippen molar-refractivity contribution >= 4 is 16.9 Å². The Labute approximate surface area is 220 Å². The zero-order valence-electron chi connectivity index (χ0n) is 21.5. The number of likely N-dealkylation sites (tertiary alicyclic amines) is 1. The van der Waals surface area contributed by atoms with Crippen molar-refractivity contribution in [1.82, 2.24) is 24.2 Å². The Kier molecular flexibility index (Phi) is 6.83. The van der Waals surface area contributed by atoms with Crippen LogP contribution in [0.1, 0.15) is 43.2 Å². The summed E-state index contributed by atoms with van der Waals surface area (Å²) in [5, 5.41) is 25.0. The molecule has 0 spiro atoms. The SMILES string of the molecule is CC(CC(=O)N1CCC(O)(Cn2cnc3c(-c4cccc(C#N)c4)n(C)nc3c2=O)CC1)c1ccccc1. The van der Waals surface area contributed by atoms with Gasteiger partial charge in [-0.3, -0.25) is 18.8 Å². The van der Waals surface area contributed by atoms with Gasteiger partial charge in [0.05, 0.1) is 35.8 Å². The van der Waals surface area contributed by atoms with Crippen molar-refractivity contribution < 1.29 is 9.90 Å². The van der Waals surface area contributed by atoms with Gasteiger partial charge in [0.25, 0.3) is 5.56 Å². The lowest BCUT2D eigenvalue weighted by atomic mass is 9.90. The maximum atomic E-state index is 13.3. The van der Waals surface area contributed by atoms with Gasteiger partial charge in [-0.1, -0.05) is 49.4 Å². The lowest BCUT2D eigenvalue weighted by molar-refractivity contribution is -0.136. The van der Waals surface area contributed by atoms with Gasteiger partial charge in [0.2, 0.25) is 5.91 Å². The molecule has 0 bridgehead atoms. The second kappa shape index (κ2) is 10.2. The van der Waals surface area contributed by atoms with Crippen molar-refractivity contribution in [3.8, 4) is 17.3 Å². The van der Waals surface area contributed by atoms with Crippen molar-refractivity contribution in [3.05, 3.63) is 82.4 Å². The highest BCUT2D eigenvalue weighted by atomic mass is 16.3. The molecule has 9 heteroatoms. The van der Waals surface area contributed by atoms with Crippen molar-refractivity contribution in [2.24, 2.45) is 7.05 Å². The summed E-state index contributed by atoms with van der Waals surface area (Å²) in [4.78, 5) is 32.5. The van der Waals surface area contributed by atoms with Crippen molar-refractivity contribution in [2.75, 3.05) is 13.1 Å². The van der Waals surface area contributed by atoms with Crippen LogP contribution in [0.25, 0.3) is 22.3 Å². The van der Waals surface area contributed by atoms with Crippen molar-refractivity contribution in [2.45, 2.75) is 44.2 Å². The first kappa shape index (κ1) is 25.4. The maximum Gasteiger partial charge on any atom is 0.281 e. The average molecular weight is 511 g/mol. The molecule has 1 fully saturated rings. The fourth-order valence-corrected chi connectivity index (χ4v) is 5.21. The van der Waals surface area contributed by atoms with E-state index in [1.54, 1.807) is 34.8 Å². The number of nitrogens with zero attached hydrogens (tertiary/aromatic N) is 6. The van der Waals surface area contributed by atoms with E-state index in [2.05, 4.69) is 16.2 Å². The van der Waals surface area contributed by atoms with Crippen molar-refractivity contribution in [3.63, 3.8) is 0 Å². The van der Waals surface area contributed by atoms with Gasteiger partial charge in [0, 0.05) is 32.1 Å². The number of carbonyl (C=O) groups is 1. The zero-order valence-corrected chi connectivity index (χ0v) is 21.5. The predicted octanol–water partition coefficient (Wildman–Crippen LogP) is 3.22. The third-order valence-corrected chi connectivity index (χ3v) is 7.44. The first-order valence-corrected chi connectivity index (χ1v) is 12.8. The van der Waals surface area contributed by atoms with Crippen LogP contribution in [0.15, 0.2) is 65.7 Å². The van der Waals surface area contributed by atoms with Gasteiger partial charge in [-0.15, -0.1) is 0 Å². The molecule has 1 aliphatic rings. The Morgan fingerprint density at radius 1 is 1.13 bits per heavy atom. The molecule has 1 atom stereocenters. The summed E-state index contributed by atoms with van der Waals surface area (Å²) in [5.74, 6) is 0.191. The average Bonchev–Trinajstić information content (AvgIpc) is 3.27. The normalized spacial score (nSPS) is 15.8. The monoisotopic (exact) mass is 510 g/mol. The van der Waals surface area contributed by atoms with Crippen LogP contribution in [-0.2, 0) is 18.4 Å². The van der Waals surface area contributed by atoms with E-state index in [0.29, 0.717) is 49.1 Å². The molecule has 1 N–H and O–H groups in total. The number of nitriles is 1. The quantitative estimate of drug-likeness (QED) is 0.426. The van der Waals surface area contributed by atoms with Gasteiger partial charge in [0.1, 0.15) is 5.52 Å². The summed E-state index contributed by atoms with van der Waals surface area (Å²) in [6, 6.07) is 19.2. The molecule has 0 radical (unpaired) electrons. The van der Waals surface area contributed by atoms with Crippen LogP contribution in [0, 0.1) is 11.3 Å². The Morgan fingerprint density at radius 3 is 2.58 bits per heavy atom. The van der Waals surface area contributed by atoms with Gasteiger partial charge in [-0.05, 0) is 36.5 Å². The number of benzene rings is 2. The van der Waals surface area contributed by atoms with Gasteiger partial charge in [-0.2, -0.15) is 10.4 Å². The molecule has 0 saturated carbocycles. The highest BCUT2D eigenvalue weighted by Crippen LogP contribution is 2.28. The van der Waals surface area contributed by atoms with Crippen LogP contribution in [0.4, 0.5) is 0 Å². The van der Waals surface area contributed by atoms with E-state index in [0.717, 1.165) is 11.1 Å². The third kappa shape index (κ3) is 4.95. The Hall–Kier alpha value is -4.29. The van der Waals surface area contributed by atoms with Crippen LogP contribution in [0.3, 0.4) is 0 Å². The number of aromatic nitrogens is 4. The van der Waals surface area contributed by atoms with Gasteiger partial charge >= 0.3 is 0 Å². The summed E-state index contributed by atoms with van der Waals surface area (Å²) in [5.41, 5.74) is 2.23. The Morgan fingerprint density at radius 2 is 1.87 bits per heavy atom. The molecule has 0 aliphatic carbocycles. The fraction of sp³-hybridized carbons (Fsp3) is 0.345. The van der Waals surface area contributed by atoms with E-state index in [1.807, 2.05) is 43.3 Å². The van der Waals surface area contributed by atoms with Gasteiger partial charge < -0.3 is 10.0 Å². The van der Waals surface area contributed by atoms with E-state index in [1.165, 1.54) is 10.9 Å². The topological polar surface area (TPSA) is 117 Å². The molecule has 1 aliphatic heterocycles. The number of piperidine rings is 1. The van der Waals surface area contributed by atoms with E-state index in [4.69, 9.17) is 0 Å². The standard InChI is InChI=1S/C29H30N6O3/c1-20(22-8-4-3-5-9-22)15-24(36)34-13-11-29(38,12-14-34)18-35-19-31-25-26(28(35)37)32-33(2)27(25)23-10-6-7-21(16-23)17-30/h3-10,16,19-20,38H,11-15,18H2,1-2H3. The first-order chi connectivity index (χ1) is 18.3. The summed E-state index contributed by atoms with van der Waals surface area (Å²) >= 11 is 0. The van der Waals surface area contributed by atoms with E-state index in [9.17, 15) is 20.0 Å². The number of amides is 1. The van der Waals surface area contributed by atoms with Crippen LogP contribution in [0.5, 0.6) is 0 Å². The Balaban J connectivity index is 1.29. The molecule has 5 rings (SSSR count). The molecule has 1 saturated heterocycles. The van der Waals surface area contributed by atoms with Crippen molar-refractivity contribution in [1.29, 1.82) is 5.26 Å². The number of rotatable bonds is 6. The largest absolute Gasteiger partial charge is 0.388 e. The third-order valence-electron chi connectivity index (χ3n) is 7.44. The molecule has 2 aromatic carbocycles. The maximum absolute atomic E-state index is 13.3. The Bertz CT molecular complexity index is 1580. The summed E-state index contributed by atoms with van der Waals surface area (Å²) in [7, 11) is 1.73. The van der Waals surface area contributed by atoms with E-state index < -0.39 is 5.60 Å². The van der Waals surface area contributed by atoms with Gasteiger partial charge in [-0.25, -0.2) is 4.98 Å². The number of fused-ring (bicyclic) bond motifs is 1. The van der Waals surface area contributed by atoms with Crippen LogP contribution < -0.4 is 5.56 Å². The minimum absolute atomic E-state index is 0.0742. The smallest absolute Gasteiger partial charge is 0.281 e. The highest BCUT2D eigenvalue weighted by molar-refractivity contribution is 5.89. The minimum Gasteiger partial charge on any atom is -0.388 e. The molecular formula is C29H30N6O3. The number of aliphatic hydroxyl groups is 1. The summed E-state index contributed by atoms with van der Waals surface area (Å²) in [6.07, 6.45) is 2.61. The molecule has 9 nitrogen and oxygen atoms in total. The highest BCUT2D eigenvalue weighted by Gasteiger charge is 2.35. The first-order valence-electron chi connectivity index (χ1n) is 12.8. The minimum atomic E-state index is -1.13. The second-order valence-corrected chi connectivity index (χ2v) is 10.2. The molecule has 2 aromatic heterocycles. The van der Waals surface area contributed by atoms with E-state index in [-0.39, 0.29) is 29.4 Å². The number of hydrogen-bond donors (Lipinski definition) is 1. The predicted molar refractivity (Wildman–Crippen MR) is 143 cm³/mol. The molecular weight excluding hydrogens is 480 g/mol. The van der Waals surface area contributed by atoms with E-state index >= 15 is 0 Å². The summed E-state index contributed by atoms with van der Waals surface area (Å²) < 4.78 is 2.99. The van der Waals surface area contributed by atoms with Crippen LogP contribution in [0.2, 0.25) is 0 Å². The molecule has 1 unspecified atom stereocenters. The van der Waals surface area contributed by atoms with Crippen LogP contribution in [-0.4, -0.2) is 53.9 Å². The summed E-state index contributed by atoms with van der Waals surface area (Å²) in [6.45, 7) is 2.99. The second-order valence-electron chi connectivity index (χ2n) is 10.2. The molecule has 38 heavy (non-hydrogen) atoms. The zero-order chi connectivity index (χ0) is 26.9. The number of aryl methyl sites for hydroxylation is 1. The number of hydrogen-bond acceptors (Lipinski definition) is 6. The number of carbonyl (C=O) groups excluding carboxylic acids is 1. The molecule has 194 valence electrons. The fourth-order valence-electron chi connectivity index (χ4n) is 5.21.